The molecular formula is C20H26N4O5S. The lowest BCUT2D eigenvalue weighted by Crippen LogP contribution is -2.45. The molecule has 1 fully saturated rings. The number of amides is 2. The van der Waals surface area contributed by atoms with Crippen LogP contribution in [0.5, 0.6) is 0 Å². The molecule has 1 aliphatic heterocycles. The minimum absolute atomic E-state index is 0.0588. The highest BCUT2D eigenvalue weighted by atomic mass is 32.2. The molecule has 0 spiro atoms. The number of likely N-dealkylation sites (N-methyl/N-ethyl adjacent to an activating group) is 1. The van der Waals surface area contributed by atoms with Gasteiger partial charge in [0, 0.05) is 24.5 Å². The van der Waals surface area contributed by atoms with Crippen molar-refractivity contribution >= 4 is 32.4 Å². The lowest BCUT2D eigenvalue weighted by Gasteiger charge is -2.22. The van der Waals surface area contributed by atoms with Crippen LogP contribution in [0.4, 0.5) is 0 Å². The molecule has 0 saturated carbocycles. The molecule has 9 nitrogen and oxygen atoms in total. The van der Waals surface area contributed by atoms with Crippen molar-refractivity contribution in [3.05, 3.63) is 40.3 Å². The maximum atomic E-state index is 13.2. The van der Waals surface area contributed by atoms with E-state index in [4.69, 9.17) is 0 Å². The van der Waals surface area contributed by atoms with Crippen LogP contribution in [0, 0.1) is 0 Å². The summed E-state index contributed by atoms with van der Waals surface area (Å²) < 4.78 is 24.4. The van der Waals surface area contributed by atoms with Crippen molar-refractivity contribution in [1.82, 2.24) is 20.0 Å². The van der Waals surface area contributed by atoms with Gasteiger partial charge in [-0.05, 0) is 25.8 Å². The number of carbonyl (C=O) groups is 2. The molecule has 0 unspecified atom stereocenters. The first-order valence-corrected chi connectivity index (χ1v) is 11.9. The van der Waals surface area contributed by atoms with E-state index in [0.29, 0.717) is 30.2 Å². The van der Waals surface area contributed by atoms with Crippen LogP contribution in [0.15, 0.2) is 29.1 Å². The molecule has 3 rings (SSSR count). The summed E-state index contributed by atoms with van der Waals surface area (Å²) in [6.07, 6.45) is 1.06. The van der Waals surface area contributed by atoms with E-state index >= 15 is 0 Å². The van der Waals surface area contributed by atoms with E-state index in [-0.39, 0.29) is 35.8 Å². The van der Waals surface area contributed by atoms with Crippen LogP contribution in [0.2, 0.25) is 0 Å². The number of nitrogens with zero attached hydrogens (tertiary/aromatic N) is 3. The van der Waals surface area contributed by atoms with Crippen molar-refractivity contribution in [2.24, 2.45) is 0 Å². The number of benzene rings is 1. The summed E-state index contributed by atoms with van der Waals surface area (Å²) in [7, 11) is -3.11. The molecule has 2 heterocycles. The number of sulfone groups is 1. The van der Waals surface area contributed by atoms with Crippen LogP contribution in [0.1, 0.15) is 37.2 Å². The zero-order valence-electron chi connectivity index (χ0n) is 17.1. The number of aryl methyl sites for hydroxylation is 1. The zero-order valence-corrected chi connectivity index (χ0v) is 17.9. The van der Waals surface area contributed by atoms with Gasteiger partial charge in [0.05, 0.1) is 23.4 Å². The Balaban J connectivity index is 1.85. The molecule has 1 aromatic heterocycles. The SMILES string of the molecule is CCCn1nc(C(=O)N(CC)CC(=O)N[C@H]2CCS(=O)(=O)C2)c2ccccc2c1=O. The quantitative estimate of drug-likeness (QED) is 0.681. The molecule has 1 aromatic carbocycles. The zero-order chi connectivity index (χ0) is 21.9. The second-order valence-corrected chi connectivity index (χ2v) is 9.64. The average Bonchev–Trinajstić information content (AvgIpc) is 3.06. The maximum Gasteiger partial charge on any atom is 0.275 e. The second kappa shape index (κ2) is 8.95. The lowest BCUT2D eigenvalue weighted by molar-refractivity contribution is -0.122. The van der Waals surface area contributed by atoms with Gasteiger partial charge >= 0.3 is 0 Å². The minimum Gasteiger partial charge on any atom is -0.351 e. The molecule has 30 heavy (non-hydrogen) atoms. The van der Waals surface area contributed by atoms with Crippen molar-refractivity contribution in [1.29, 1.82) is 0 Å². The Morgan fingerprint density at radius 1 is 1.23 bits per heavy atom. The standard InChI is InChI=1S/C20H26N4O5S/c1-3-10-24-19(26)16-8-6-5-7-15(16)18(22-24)20(27)23(4-2)12-17(25)21-14-9-11-30(28,29)13-14/h5-8,14H,3-4,9-13H2,1-2H3,(H,21,25)/t14-/m0/s1. The topological polar surface area (TPSA) is 118 Å². The second-order valence-electron chi connectivity index (χ2n) is 7.41. The fraction of sp³-hybridized carbons (Fsp3) is 0.500. The number of fused-ring (bicyclic) bond motifs is 1. The highest BCUT2D eigenvalue weighted by molar-refractivity contribution is 7.91. The third-order valence-electron chi connectivity index (χ3n) is 5.11. The van der Waals surface area contributed by atoms with Gasteiger partial charge in [-0.2, -0.15) is 5.10 Å². The van der Waals surface area contributed by atoms with Gasteiger partial charge in [0.2, 0.25) is 5.91 Å². The molecule has 0 radical (unpaired) electrons. The summed E-state index contributed by atoms with van der Waals surface area (Å²) in [4.78, 5) is 39.6. The van der Waals surface area contributed by atoms with E-state index in [0.717, 1.165) is 0 Å². The molecule has 0 bridgehead atoms. The molecule has 2 aromatic rings. The smallest absolute Gasteiger partial charge is 0.275 e. The maximum absolute atomic E-state index is 13.2. The third-order valence-corrected chi connectivity index (χ3v) is 6.87. The van der Waals surface area contributed by atoms with Crippen LogP contribution < -0.4 is 10.9 Å². The molecule has 1 N–H and O–H groups in total. The molecule has 162 valence electrons. The molecule has 0 aliphatic carbocycles. The number of hydrogen-bond acceptors (Lipinski definition) is 6. The van der Waals surface area contributed by atoms with Crippen molar-refractivity contribution in [2.45, 2.75) is 39.3 Å². The molecule has 1 saturated heterocycles. The first-order chi connectivity index (χ1) is 14.3. The van der Waals surface area contributed by atoms with Crippen molar-refractivity contribution in [3.8, 4) is 0 Å². The molecular weight excluding hydrogens is 408 g/mol. The normalized spacial score (nSPS) is 17.7. The number of aromatic nitrogens is 2. The first kappa shape index (κ1) is 21.9. The van der Waals surface area contributed by atoms with Gasteiger partial charge in [0.1, 0.15) is 0 Å². The van der Waals surface area contributed by atoms with Crippen LogP contribution >= 0.6 is 0 Å². The van der Waals surface area contributed by atoms with E-state index in [1.807, 2.05) is 6.92 Å². The van der Waals surface area contributed by atoms with Crippen LogP contribution in [-0.4, -0.2) is 65.5 Å². The number of carbonyl (C=O) groups excluding carboxylic acids is 2. The van der Waals surface area contributed by atoms with Gasteiger partial charge in [0.25, 0.3) is 11.5 Å². The van der Waals surface area contributed by atoms with Gasteiger partial charge in [-0.3, -0.25) is 14.4 Å². The Bertz CT molecular complexity index is 1130. The Labute approximate surface area is 175 Å². The summed E-state index contributed by atoms with van der Waals surface area (Å²) in [5.74, 6) is -0.887. The molecule has 1 atom stereocenters. The van der Waals surface area contributed by atoms with E-state index in [1.54, 1.807) is 31.2 Å². The fourth-order valence-corrected chi connectivity index (χ4v) is 5.26. The van der Waals surface area contributed by atoms with Gasteiger partial charge < -0.3 is 10.2 Å². The highest BCUT2D eigenvalue weighted by Gasteiger charge is 2.30. The molecule has 2 amide bonds. The average molecular weight is 435 g/mol. The van der Waals surface area contributed by atoms with Gasteiger partial charge in [-0.25, -0.2) is 13.1 Å². The molecule has 10 heteroatoms. The van der Waals surface area contributed by atoms with E-state index in [1.165, 1.54) is 9.58 Å². The van der Waals surface area contributed by atoms with E-state index < -0.39 is 27.7 Å². The Hall–Kier alpha value is -2.75. The number of rotatable bonds is 7. The van der Waals surface area contributed by atoms with Gasteiger partial charge in [0.15, 0.2) is 15.5 Å². The Morgan fingerprint density at radius 3 is 2.53 bits per heavy atom. The largest absolute Gasteiger partial charge is 0.351 e. The van der Waals surface area contributed by atoms with Crippen molar-refractivity contribution < 1.29 is 18.0 Å². The van der Waals surface area contributed by atoms with Crippen molar-refractivity contribution in [3.63, 3.8) is 0 Å². The lowest BCUT2D eigenvalue weighted by atomic mass is 10.1. The summed E-state index contributed by atoms with van der Waals surface area (Å²) in [6, 6.07) is 6.36. The fourth-order valence-electron chi connectivity index (χ4n) is 3.59. The summed E-state index contributed by atoms with van der Waals surface area (Å²) in [5.41, 5.74) is -0.135. The first-order valence-electron chi connectivity index (χ1n) is 10.0. The van der Waals surface area contributed by atoms with Crippen LogP contribution in [-0.2, 0) is 21.2 Å². The third kappa shape index (κ3) is 4.69. The van der Waals surface area contributed by atoms with Crippen LogP contribution in [0.3, 0.4) is 0 Å². The van der Waals surface area contributed by atoms with Crippen molar-refractivity contribution in [2.75, 3.05) is 24.6 Å². The van der Waals surface area contributed by atoms with Crippen LogP contribution in [0.25, 0.3) is 10.8 Å². The van der Waals surface area contributed by atoms with Gasteiger partial charge in [-0.15, -0.1) is 0 Å². The Morgan fingerprint density at radius 2 is 1.93 bits per heavy atom. The minimum atomic E-state index is -3.11. The van der Waals surface area contributed by atoms with Gasteiger partial charge in [-0.1, -0.05) is 25.1 Å². The Kier molecular flexibility index (Phi) is 6.55. The summed E-state index contributed by atoms with van der Waals surface area (Å²) >= 11 is 0. The van der Waals surface area contributed by atoms with E-state index in [2.05, 4.69) is 10.4 Å². The predicted octanol–water partition coefficient (Wildman–Crippen LogP) is 0.572. The number of hydrogen-bond donors (Lipinski definition) is 1. The summed E-state index contributed by atoms with van der Waals surface area (Å²) in [6.45, 7) is 4.09. The van der Waals surface area contributed by atoms with E-state index in [9.17, 15) is 22.8 Å². The highest BCUT2D eigenvalue weighted by Crippen LogP contribution is 2.16. The molecule has 1 aliphatic rings. The summed E-state index contributed by atoms with van der Waals surface area (Å²) in [5, 5.41) is 7.84. The number of nitrogens with one attached hydrogen (secondary N) is 1. The predicted molar refractivity (Wildman–Crippen MR) is 113 cm³/mol. The monoisotopic (exact) mass is 434 g/mol.